The number of aryl methyl sites for hydroxylation is 1. The van der Waals surface area contributed by atoms with Gasteiger partial charge in [-0.1, -0.05) is 0 Å². The molecule has 6 nitrogen and oxygen atoms in total. The maximum atomic E-state index is 12.2. The maximum absolute atomic E-state index is 12.2. The second-order valence-electron chi connectivity index (χ2n) is 4.35. The molecular formula is C13H16BrN3O3S. The Balaban J connectivity index is 1.93. The SMILES string of the molecule is COc1ccc(S(=O)(=O)NCCCn2ccnc2)cc1Br. The Morgan fingerprint density at radius 1 is 1.43 bits per heavy atom. The fraction of sp³-hybridized carbons (Fsp3) is 0.308. The molecule has 114 valence electrons. The van der Waals surface area contributed by atoms with Gasteiger partial charge in [-0.25, -0.2) is 18.1 Å². The second-order valence-corrected chi connectivity index (χ2v) is 6.97. The Kier molecular flexibility index (Phi) is 5.38. The molecule has 0 saturated heterocycles. The minimum Gasteiger partial charge on any atom is -0.496 e. The van der Waals surface area contributed by atoms with Crippen LogP contribution in [0, 0.1) is 0 Å². The molecular weight excluding hydrogens is 358 g/mol. The van der Waals surface area contributed by atoms with Crippen LogP contribution >= 0.6 is 15.9 Å². The van der Waals surface area contributed by atoms with Crippen LogP contribution < -0.4 is 9.46 Å². The van der Waals surface area contributed by atoms with E-state index in [0.717, 1.165) is 6.54 Å². The van der Waals surface area contributed by atoms with Crippen molar-refractivity contribution in [2.75, 3.05) is 13.7 Å². The second kappa shape index (κ2) is 7.06. The fourth-order valence-electron chi connectivity index (χ4n) is 1.78. The number of benzene rings is 1. The fourth-order valence-corrected chi connectivity index (χ4v) is 3.58. The lowest BCUT2D eigenvalue weighted by molar-refractivity contribution is 0.411. The summed E-state index contributed by atoms with van der Waals surface area (Å²) in [5.74, 6) is 0.592. The molecule has 0 unspecified atom stereocenters. The van der Waals surface area contributed by atoms with Crippen molar-refractivity contribution >= 4 is 26.0 Å². The molecule has 0 atom stereocenters. The molecule has 2 aromatic rings. The molecule has 0 aliphatic rings. The molecule has 8 heteroatoms. The Hall–Kier alpha value is -1.38. The van der Waals surface area contributed by atoms with E-state index in [0.29, 0.717) is 23.2 Å². The van der Waals surface area contributed by atoms with Gasteiger partial charge >= 0.3 is 0 Å². The topological polar surface area (TPSA) is 73.2 Å². The van der Waals surface area contributed by atoms with Gasteiger partial charge in [0.2, 0.25) is 10.0 Å². The minimum absolute atomic E-state index is 0.206. The highest BCUT2D eigenvalue weighted by Crippen LogP contribution is 2.27. The van der Waals surface area contributed by atoms with E-state index in [4.69, 9.17) is 4.74 Å². The normalized spacial score (nSPS) is 11.5. The zero-order chi connectivity index (χ0) is 15.3. The number of aromatic nitrogens is 2. The lowest BCUT2D eigenvalue weighted by Crippen LogP contribution is -2.25. The van der Waals surface area contributed by atoms with Gasteiger partial charge in [0.1, 0.15) is 5.75 Å². The number of sulfonamides is 1. The van der Waals surface area contributed by atoms with Gasteiger partial charge in [-0.15, -0.1) is 0 Å². The molecule has 1 aromatic carbocycles. The van der Waals surface area contributed by atoms with Crippen molar-refractivity contribution in [1.82, 2.24) is 14.3 Å². The van der Waals surface area contributed by atoms with Crippen LogP contribution in [0.1, 0.15) is 6.42 Å². The highest BCUT2D eigenvalue weighted by atomic mass is 79.9. The quantitative estimate of drug-likeness (QED) is 0.753. The molecule has 0 spiro atoms. The summed E-state index contributed by atoms with van der Waals surface area (Å²) in [6.07, 6.45) is 5.93. The maximum Gasteiger partial charge on any atom is 0.240 e. The zero-order valence-electron chi connectivity index (χ0n) is 11.5. The summed E-state index contributed by atoms with van der Waals surface area (Å²) in [7, 11) is -1.98. The van der Waals surface area contributed by atoms with Crippen molar-refractivity contribution in [2.24, 2.45) is 0 Å². The first-order valence-electron chi connectivity index (χ1n) is 6.32. The molecule has 21 heavy (non-hydrogen) atoms. The summed E-state index contributed by atoms with van der Waals surface area (Å²) >= 11 is 3.28. The first-order chi connectivity index (χ1) is 10.0. The predicted molar refractivity (Wildman–Crippen MR) is 82.7 cm³/mol. The summed E-state index contributed by atoms with van der Waals surface area (Å²) in [5, 5.41) is 0. The minimum atomic E-state index is -3.51. The van der Waals surface area contributed by atoms with Gasteiger partial charge in [0.25, 0.3) is 0 Å². The standard InChI is InChI=1S/C13H16BrN3O3S/c1-20-13-4-3-11(9-12(13)14)21(18,19)16-5-2-7-17-8-6-15-10-17/h3-4,6,8-10,16H,2,5,7H2,1H3. The van der Waals surface area contributed by atoms with E-state index in [-0.39, 0.29) is 4.90 Å². The van der Waals surface area contributed by atoms with Gasteiger partial charge in [-0.2, -0.15) is 0 Å². The number of rotatable bonds is 7. The van der Waals surface area contributed by atoms with E-state index >= 15 is 0 Å². The summed E-state index contributed by atoms with van der Waals surface area (Å²) in [5.41, 5.74) is 0. The van der Waals surface area contributed by atoms with Crippen LogP contribution in [-0.2, 0) is 16.6 Å². The first kappa shape index (κ1) is 16.0. The highest BCUT2D eigenvalue weighted by Gasteiger charge is 2.15. The van der Waals surface area contributed by atoms with Gasteiger partial charge in [0.05, 0.1) is 22.8 Å². The van der Waals surface area contributed by atoms with Crippen molar-refractivity contribution in [1.29, 1.82) is 0 Å². The van der Waals surface area contributed by atoms with Gasteiger partial charge in [0.15, 0.2) is 0 Å². The van der Waals surface area contributed by atoms with E-state index in [1.165, 1.54) is 19.2 Å². The number of ether oxygens (including phenoxy) is 1. The number of halogens is 1. The Morgan fingerprint density at radius 3 is 2.86 bits per heavy atom. The summed E-state index contributed by atoms with van der Waals surface area (Å²) in [6.45, 7) is 1.08. The number of nitrogens with zero attached hydrogens (tertiary/aromatic N) is 2. The molecule has 1 heterocycles. The van der Waals surface area contributed by atoms with E-state index in [1.807, 2.05) is 10.8 Å². The Labute approximate surface area is 132 Å². The van der Waals surface area contributed by atoms with Crippen LogP contribution in [0.25, 0.3) is 0 Å². The van der Waals surface area contributed by atoms with Crippen molar-refractivity contribution in [3.63, 3.8) is 0 Å². The van der Waals surface area contributed by atoms with E-state index < -0.39 is 10.0 Å². The van der Waals surface area contributed by atoms with Crippen LogP contribution in [0.2, 0.25) is 0 Å². The Morgan fingerprint density at radius 2 is 2.24 bits per heavy atom. The lowest BCUT2D eigenvalue weighted by Gasteiger charge is -2.09. The molecule has 1 aromatic heterocycles. The molecule has 0 fully saturated rings. The number of imidazole rings is 1. The van der Waals surface area contributed by atoms with Gasteiger partial charge in [-0.3, -0.25) is 0 Å². The Bertz CT molecular complexity index is 687. The van der Waals surface area contributed by atoms with Gasteiger partial charge in [0, 0.05) is 25.5 Å². The molecule has 0 bridgehead atoms. The van der Waals surface area contributed by atoms with Crippen LogP contribution in [-0.4, -0.2) is 31.6 Å². The summed E-state index contributed by atoms with van der Waals surface area (Å²) < 4.78 is 34.5. The molecule has 0 amide bonds. The van der Waals surface area contributed by atoms with Gasteiger partial charge < -0.3 is 9.30 Å². The molecule has 0 radical (unpaired) electrons. The molecule has 0 saturated carbocycles. The largest absolute Gasteiger partial charge is 0.496 e. The van der Waals surface area contributed by atoms with Crippen molar-refractivity contribution in [2.45, 2.75) is 17.9 Å². The van der Waals surface area contributed by atoms with E-state index in [1.54, 1.807) is 18.6 Å². The van der Waals surface area contributed by atoms with Crippen molar-refractivity contribution in [3.05, 3.63) is 41.4 Å². The van der Waals surface area contributed by atoms with Crippen LogP contribution in [0.15, 0.2) is 46.3 Å². The third kappa shape index (κ3) is 4.29. The van der Waals surface area contributed by atoms with Crippen LogP contribution in [0.4, 0.5) is 0 Å². The van der Waals surface area contributed by atoms with Crippen molar-refractivity contribution < 1.29 is 13.2 Å². The number of nitrogens with one attached hydrogen (secondary N) is 1. The summed E-state index contributed by atoms with van der Waals surface area (Å²) in [4.78, 5) is 4.14. The van der Waals surface area contributed by atoms with E-state index in [9.17, 15) is 8.42 Å². The number of hydrogen-bond donors (Lipinski definition) is 1. The monoisotopic (exact) mass is 373 g/mol. The average Bonchev–Trinajstić information content (AvgIpc) is 2.97. The van der Waals surface area contributed by atoms with Crippen LogP contribution in [0.3, 0.4) is 0 Å². The van der Waals surface area contributed by atoms with Crippen LogP contribution in [0.5, 0.6) is 5.75 Å². The molecule has 0 aliphatic carbocycles. The smallest absolute Gasteiger partial charge is 0.240 e. The molecule has 2 rings (SSSR count). The summed E-state index contributed by atoms with van der Waals surface area (Å²) in [6, 6.07) is 4.66. The van der Waals surface area contributed by atoms with Gasteiger partial charge in [-0.05, 0) is 40.5 Å². The average molecular weight is 374 g/mol. The van der Waals surface area contributed by atoms with E-state index in [2.05, 4.69) is 25.6 Å². The zero-order valence-corrected chi connectivity index (χ0v) is 13.9. The molecule has 0 aliphatic heterocycles. The lowest BCUT2D eigenvalue weighted by atomic mass is 10.3. The number of hydrogen-bond acceptors (Lipinski definition) is 4. The third-order valence-corrected chi connectivity index (χ3v) is 4.96. The molecule has 1 N–H and O–H groups in total. The first-order valence-corrected chi connectivity index (χ1v) is 8.59. The third-order valence-electron chi connectivity index (χ3n) is 2.88. The number of methoxy groups -OCH3 is 1. The predicted octanol–water partition coefficient (Wildman–Crippen LogP) is 2.02. The highest BCUT2D eigenvalue weighted by molar-refractivity contribution is 9.10. The van der Waals surface area contributed by atoms with Crippen molar-refractivity contribution in [3.8, 4) is 5.75 Å².